The van der Waals surface area contributed by atoms with Crippen LogP contribution in [-0.4, -0.2) is 13.4 Å². The van der Waals surface area contributed by atoms with Crippen LogP contribution in [0, 0.1) is 26.6 Å². The number of aromatic nitrogens is 1. The molecule has 0 saturated carbocycles. The summed E-state index contributed by atoms with van der Waals surface area (Å²) in [6.45, 7) is 4.96. The van der Waals surface area contributed by atoms with Gasteiger partial charge in [-0.2, -0.15) is 0 Å². The summed E-state index contributed by atoms with van der Waals surface area (Å²) in [5.74, 6) is -0.272. The monoisotopic (exact) mass is 348 g/mol. The molecular weight excluding hydrogens is 335 g/mol. The molecule has 21 heavy (non-hydrogen) atoms. The second-order valence-corrected chi connectivity index (χ2v) is 8.25. The Morgan fingerprint density at radius 1 is 1.29 bits per heavy atom. The molecule has 1 aromatic carbocycles. The Hall–Kier alpha value is -1.02. The van der Waals surface area contributed by atoms with Gasteiger partial charge in [-0.05, 0) is 37.5 Å². The lowest BCUT2D eigenvalue weighted by molar-refractivity contribution is 0.582. The summed E-state index contributed by atoms with van der Waals surface area (Å²) in [7, 11) is -3.68. The molecule has 0 radical (unpaired) electrons. The Morgan fingerprint density at radius 2 is 1.86 bits per heavy atom. The maximum atomic E-state index is 13.5. The summed E-state index contributed by atoms with van der Waals surface area (Å²) in [5.41, 5.74) is 2.04. The van der Waals surface area contributed by atoms with Gasteiger partial charge < -0.3 is 0 Å². The van der Waals surface area contributed by atoms with Gasteiger partial charge in [0.2, 0.25) is 0 Å². The van der Waals surface area contributed by atoms with Gasteiger partial charge >= 0.3 is 0 Å². The number of nitrogens with one attached hydrogen (secondary N) is 1. The molecule has 0 amide bonds. The fourth-order valence-electron chi connectivity index (χ4n) is 1.98. The lowest BCUT2D eigenvalue weighted by Gasteiger charge is -2.08. The second kappa shape index (κ2) is 6.00. The Balaban J connectivity index is 2.21. The highest BCUT2D eigenvalue weighted by Crippen LogP contribution is 2.26. The number of sulfonamides is 1. The number of nitrogens with zero attached hydrogens (tertiary/aromatic N) is 1. The van der Waals surface area contributed by atoms with Gasteiger partial charge in [-0.25, -0.2) is 22.5 Å². The van der Waals surface area contributed by atoms with E-state index in [-0.39, 0.29) is 21.0 Å². The summed E-state index contributed by atoms with van der Waals surface area (Å²) in [4.78, 5) is 3.89. The minimum absolute atomic E-state index is 0.0826. The third-order valence-corrected chi connectivity index (χ3v) is 6.21. The van der Waals surface area contributed by atoms with E-state index in [0.29, 0.717) is 22.4 Å². The molecule has 0 unspecified atom stereocenters. The Morgan fingerprint density at radius 3 is 2.33 bits per heavy atom. The van der Waals surface area contributed by atoms with Crippen LogP contribution in [0.1, 0.15) is 22.4 Å². The van der Waals surface area contributed by atoms with E-state index in [4.69, 9.17) is 11.6 Å². The minimum Gasteiger partial charge on any atom is -0.229 e. The first-order valence-corrected chi connectivity index (χ1v) is 8.76. The van der Waals surface area contributed by atoms with E-state index in [2.05, 4.69) is 9.71 Å². The topological polar surface area (TPSA) is 59.1 Å². The molecule has 0 fully saturated rings. The fourth-order valence-corrected chi connectivity index (χ4v) is 4.78. The average Bonchev–Trinajstić information content (AvgIpc) is 2.73. The number of benzene rings is 1. The maximum Gasteiger partial charge on any atom is 0.252 e. The van der Waals surface area contributed by atoms with E-state index in [1.165, 1.54) is 0 Å². The summed E-state index contributed by atoms with van der Waals surface area (Å²) in [6, 6.07) is 3.24. The standard InChI is InChI=1S/C13H14ClFN2O2S2/c1-7-4-10(5-8(2)11(7)15)6-16-21(18,19)12-9(3)17-13(14)20-12/h4-5,16H,6H2,1-3H3. The van der Waals surface area contributed by atoms with Crippen molar-refractivity contribution < 1.29 is 12.8 Å². The Kier molecular flexibility index (Phi) is 4.67. The Labute approximate surface area is 132 Å². The van der Waals surface area contributed by atoms with Crippen LogP contribution in [-0.2, 0) is 16.6 Å². The van der Waals surface area contributed by atoms with E-state index < -0.39 is 10.0 Å². The first-order chi connectivity index (χ1) is 9.70. The quantitative estimate of drug-likeness (QED) is 0.921. The van der Waals surface area contributed by atoms with E-state index >= 15 is 0 Å². The van der Waals surface area contributed by atoms with Crippen molar-refractivity contribution in [1.29, 1.82) is 0 Å². The summed E-state index contributed by atoms with van der Waals surface area (Å²) >= 11 is 6.63. The van der Waals surface area contributed by atoms with Crippen molar-refractivity contribution in [2.24, 2.45) is 0 Å². The van der Waals surface area contributed by atoms with E-state index in [1.807, 2.05) is 0 Å². The number of halogens is 2. The van der Waals surface area contributed by atoms with Crippen LogP contribution < -0.4 is 4.72 Å². The van der Waals surface area contributed by atoms with Gasteiger partial charge in [0.1, 0.15) is 5.82 Å². The molecule has 1 heterocycles. The van der Waals surface area contributed by atoms with Crippen molar-refractivity contribution in [3.63, 3.8) is 0 Å². The predicted molar refractivity (Wildman–Crippen MR) is 81.8 cm³/mol. The zero-order valence-corrected chi connectivity index (χ0v) is 14.1. The fraction of sp³-hybridized carbons (Fsp3) is 0.308. The predicted octanol–water partition coefficient (Wildman–Crippen LogP) is 3.34. The lowest BCUT2D eigenvalue weighted by atomic mass is 10.1. The van der Waals surface area contributed by atoms with Crippen molar-refractivity contribution >= 4 is 33.0 Å². The number of hydrogen-bond donors (Lipinski definition) is 1. The normalized spacial score (nSPS) is 11.9. The number of hydrogen-bond acceptors (Lipinski definition) is 4. The van der Waals surface area contributed by atoms with E-state index in [1.54, 1.807) is 32.9 Å². The van der Waals surface area contributed by atoms with Gasteiger partial charge in [0.15, 0.2) is 8.68 Å². The van der Waals surface area contributed by atoms with Crippen LogP contribution >= 0.6 is 22.9 Å². The molecule has 2 aromatic rings. The molecule has 1 aromatic heterocycles. The van der Waals surface area contributed by atoms with Gasteiger partial charge in [-0.15, -0.1) is 0 Å². The van der Waals surface area contributed by atoms with Crippen molar-refractivity contribution in [2.75, 3.05) is 0 Å². The molecule has 4 nitrogen and oxygen atoms in total. The zero-order valence-electron chi connectivity index (χ0n) is 11.7. The molecule has 2 rings (SSSR count). The van der Waals surface area contributed by atoms with Crippen molar-refractivity contribution in [3.05, 3.63) is 44.8 Å². The molecule has 0 aliphatic rings. The van der Waals surface area contributed by atoms with Crippen LogP contribution in [0.5, 0.6) is 0 Å². The average molecular weight is 349 g/mol. The lowest BCUT2D eigenvalue weighted by Crippen LogP contribution is -2.23. The van der Waals surface area contributed by atoms with Crippen LogP contribution in [0.4, 0.5) is 4.39 Å². The summed E-state index contributed by atoms with van der Waals surface area (Å²) in [6.07, 6.45) is 0. The second-order valence-electron chi connectivity index (χ2n) is 4.71. The zero-order chi connectivity index (χ0) is 15.8. The SMILES string of the molecule is Cc1cc(CNS(=O)(=O)c2sc(Cl)nc2C)cc(C)c1F. The molecule has 8 heteroatoms. The first-order valence-electron chi connectivity index (χ1n) is 6.09. The van der Waals surface area contributed by atoms with Gasteiger partial charge in [0.25, 0.3) is 10.0 Å². The third-order valence-electron chi connectivity index (χ3n) is 2.93. The summed E-state index contributed by atoms with van der Waals surface area (Å²) < 4.78 is 40.7. The Bertz CT molecular complexity index is 764. The van der Waals surface area contributed by atoms with E-state index in [9.17, 15) is 12.8 Å². The van der Waals surface area contributed by atoms with Crippen LogP contribution in [0.3, 0.4) is 0 Å². The molecule has 0 aliphatic heterocycles. The van der Waals surface area contributed by atoms with Crippen molar-refractivity contribution in [1.82, 2.24) is 9.71 Å². The molecule has 0 atom stereocenters. The van der Waals surface area contributed by atoms with Gasteiger partial charge in [-0.1, -0.05) is 35.1 Å². The minimum atomic E-state index is -3.68. The molecule has 114 valence electrons. The molecule has 0 aliphatic carbocycles. The smallest absolute Gasteiger partial charge is 0.229 e. The highest BCUT2D eigenvalue weighted by molar-refractivity contribution is 7.91. The third kappa shape index (κ3) is 3.60. The molecule has 0 bridgehead atoms. The molecule has 0 spiro atoms. The van der Waals surface area contributed by atoms with Crippen LogP contribution in [0.15, 0.2) is 16.3 Å². The largest absolute Gasteiger partial charge is 0.252 e. The van der Waals surface area contributed by atoms with Gasteiger partial charge in [0, 0.05) is 6.54 Å². The van der Waals surface area contributed by atoms with Gasteiger partial charge in [0.05, 0.1) is 5.69 Å². The number of thiazole rings is 1. The summed E-state index contributed by atoms with van der Waals surface area (Å²) in [5, 5.41) is 0. The van der Waals surface area contributed by atoms with Gasteiger partial charge in [-0.3, -0.25) is 0 Å². The number of aryl methyl sites for hydroxylation is 3. The van der Waals surface area contributed by atoms with Crippen LogP contribution in [0.2, 0.25) is 4.47 Å². The maximum absolute atomic E-state index is 13.5. The molecule has 1 N–H and O–H groups in total. The van der Waals surface area contributed by atoms with Crippen molar-refractivity contribution in [2.45, 2.75) is 31.5 Å². The first kappa shape index (κ1) is 16.4. The van der Waals surface area contributed by atoms with Crippen LogP contribution in [0.25, 0.3) is 0 Å². The van der Waals surface area contributed by atoms with E-state index in [0.717, 1.165) is 11.3 Å². The highest BCUT2D eigenvalue weighted by Gasteiger charge is 2.21. The van der Waals surface area contributed by atoms with Crippen molar-refractivity contribution in [3.8, 4) is 0 Å². The molecule has 0 saturated heterocycles. The number of rotatable bonds is 4. The highest BCUT2D eigenvalue weighted by atomic mass is 35.5. The molecular formula is C13H14ClFN2O2S2.